The number of nitrogens with two attached hydrogens (primary N) is 1. The van der Waals surface area contributed by atoms with Crippen molar-refractivity contribution >= 4 is 5.91 Å². The van der Waals surface area contributed by atoms with Gasteiger partial charge in [-0.1, -0.05) is 19.1 Å². The number of hydrogen-bond acceptors (Lipinski definition) is 4. The largest absolute Gasteiger partial charge is 0.484 e. The number of hydrogen-bond donors (Lipinski definition) is 2. The minimum absolute atomic E-state index is 0.00264. The minimum atomic E-state index is -0.157. The van der Waals surface area contributed by atoms with Gasteiger partial charge in [0.25, 0.3) is 5.91 Å². The van der Waals surface area contributed by atoms with Gasteiger partial charge in [0.1, 0.15) is 5.75 Å². The Hall–Kier alpha value is -1.59. The molecular formula is C16H26N2O3. The van der Waals surface area contributed by atoms with Crippen LogP contribution in [0.15, 0.2) is 24.3 Å². The second-order valence-corrected chi connectivity index (χ2v) is 5.23. The first-order valence-electron chi connectivity index (χ1n) is 7.30. The quantitative estimate of drug-likeness (QED) is 0.724. The summed E-state index contributed by atoms with van der Waals surface area (Å²) >= 11 is 0. The molecule has 0 radical (unpaired) electrons. The van der Waals surface area contributed by atoms with E-state index in [0.29, 0.717) is 12.4 Å². The Labute approximate surface area is 126 Å². The first-order chi connectivity index (χ1) is 10.0. The van der Waals surface area contributed by atoms with Gasteiger partial charge in [-0.05, 0) is 37.5 Å². The van der Waals surface area contributed by atoms with Gasteiger partial charge in [-0.25, -0.2) is 0 Å². The highest BCUT2D eigenvalue weighted by Gasteiger charge is 2.08. The van der Waals surface area contributed by atoms with Crippen LogP contribution in [0.5, 0.6) is 5.75 Å². The van der Waals surface area contributed by atoms with E-state index in [1.807, 2.05) is 31.2 Å². The second-order valence-electron chi connectivity index (χ2n) is 5.23. The Kier molecular flexibility index (Phi) is 7.79. The number of methoxy groups -OCH3 is 1. The van der Waals surface area contributed by atoms with Crippen LogP contribution >= 0.6 is 0 Å². The van der Waals surface area contributed by atoms with Gasteiger partial charge in [-0.3, -0.25) is 4.79 Å². The lowest BCUT2D eigenvalue weighted by molar-refractivity contribution is -0.124. The molecule has 1 rings (SSSR count). The average Bonchev–Trinajstić information content (AvgIpc) is 2.45. The van der Waals surface area contributed by atoms with E-state index in [0.717, 1.165) is 18.4 Å². The molecule has 0 saturated heterocycles. The summed E-state index contributed by atoms with van der Waals surface area (Å²) in [7, 11) is 1.60. The van der Waals surface area contributed by atoms with E-state index in [-0.39, 0.29) is 24.6 Å². The SMILES string of the molecule is CCC(N)Cc1cccc(OCC(=O)NC(C)COC)c1. The number of ether oxygens (including phenoxy) is 2. The summed E-state index contributed by atoms with van der Waals surface area (Å²) < 4.78 is 10.5. The number of benzene rings is 1. The van der Waals surface area contributed by atoms with Crippen LogP contribution < -0.4 is 15.8 Å². The van der Waals surface area contributed by atoms with Crippen molar-refractivity contribution < 1.29 is 14.3 Å². The van der Waals surface area contributed by atoms with Crippen molar-refractivity contribution in [2.45, 2.75) is 38.8 Å². The normalized spacial score (nSPS) is 13.5. The second kappa shape index (κ2) is 9.37. The van der Waals surface area contributed by atoms with E-state index in [1.54, 1.807) is 7.11 Å². The predicted molar refractivity (Wildman–Crippen MR) is 83.4 cm³/mol. The molecule has 5 nitrogen and oxygen atoms in total. The van der Waals surface area contributed by atoms with E-state index < -0.39 is 0 Å². The zero-order chi connectivity index (χ0) is 15.7. The van der Waals surface area contributed by atoms with Crippen molar-refractivity contribution in [1.29, 1.82) is 0 Å². The fourth-order valence-electron chi connectivity index (χ4n) is 1.97. The van der Waals surface area contributed by atoms with Crippen LogP contribution in [0.2, 0.25) is 0 Å². The van der Waals surface area contributed by atoms with E-state index in [1.165, 1.54) is 0 Å². The molecule has 118 valence electrons. The molecule has 1 aromatic carbocycles. The highest BCUT2D eigenvalue weighted by atomic mass is 16.5. The zero-order valence-corrected chi connectivity index (χ0v) is 13.1. The molecule has 0 spiro atoms. The molecule has 2 atom stereocenters. The molecule has 1 amide bonds. The van der Waals surface area contributed by atoms with E-state index >= 15 is 0 Å². The van der Waals surface area contributed by atoms with Crippen LogP contribution in [0.25, 0.3) is 0 Å². The van der Waals surface area contributed by atoms with Crippen molar-refractivity contribution in [3.8, 4) is 5.75 Å². The van der Waals surface area contributed by atoms with Gasteiger partial charge in [0, 0.05) is 19.2 Å². The summed E-state index contributed by atoms with van der Waals surface area (Å²) in [4.78, 5) is 11.7. The molecule has 0 fully saturated rings. The molecule has 0 aliphatic heterocycles. The third-order valence-electron chi connectivity index (χ3n) is 3.11. The molecule has 0 heterocycles. The molecule has 0 aliphatic carbocycles. The number of carbonyl (C=O) groups is 1. The molecule has 5 heteroatoms. The summed E-state index contributed by atoms with van der Waals surface area (Å²) in [5.74, 6) is 0.528. The highest BCUT2D eigenvalue weighted by molar-refractivity contribution is 5.77. The third kappa shape index (κ3) is 7.11. The topological polar surface area (TPSA) is 73.6 Å². The summed E-state index contributed by atoms with van der Waals surface area (Å²) in [6.45, 7) is 4.43. The molecule has 0 bridgehead atoms. The Morgan fingerprint density at radius 3 is 2.86 bits per heavy atom. The van der Waals surface area contributed by atoms with Crippen LogP contribution in [-0.4, -0.2) is 38.3 Å². The molecule has 1 aromatic rings. The Morgan fingerprint density at radius 1 is 1.43 bits per heavy atom. The van der Waals surface area contributed by atoms with Crippen molar-refractivity contribution in [2.75, 3.05) is 20.3 Å². The molecule has 0 aromatic heterocycles. The smallest absolute Gasteiger partial charge is 0.258 e. The Balaban J connectivity index is 2.44. The van der Waals surface area contributed by atoms with Gasteiger partial charge in [-0.2, -0.15) is 0 Å². The molecule has 0 aliphatic rings. The molecule has 3 N–H and O–H groups in total. The summed E-state index contributed by atoms with van der Waals surface area (Å²) in [5.41, 5.74) is 7.06. The van der Waals surface area contributed by atoms with Crippen LogP contribution in [0.4, 0.5) is 0 Å². The van der Waals surface area contributed by atoms with Crippen molar-refractivity contribution in [1.82, 2.24) is 5.32 Å². The van der Waals surface area contributed by atoms with Gasteiger partial charge < -0.3 is 20.5 Å². The predicted octanol–water partition coefficient (Wildman–Crippen LogP) is 1.50. The fourth-order valence-corrected chi connectivity index (χ4v) is 1.97. The molecular weight excluding hydrogens is 268 g/mol. The highest BCUT2D eigenvalue weighted by Crippen LogP contribution is 2.14. The van der Waals surface area contributed by atoms with Gasteiger partial charge in [0.15, 0.2) is 6.61 Å². The Morgan fingerprint density at radius 2 is 2.19 bits per heavy atom. The van der Waals surface area contributed by atoms with Crippen molar-refractivity contribution in [3.63, 3.8) is 0 Å². The third-order valence-corrected chi connectivity index (χ3v) is 3.11. The lowest BCUT2D eigenvalue weighted by Crippen LogP contribution is -2.38. The number of rotatable bonds is 9. The summed E-state index contributed by atoms with van der Waals surface area (Å²) in [6, 6.07) is 7.83. The first kappa shape index (κ1) is 17.5. The van der Waals surface area contributed by atoms with E-state index in [9.17, 15) is 4.79 Å². The minimum Gasteiger partial charge on any atom is -0.484 e. The molecule has 2 unspecified atom stereocenters. The van der Waals surface area contributed by atoms with Crippen LogP contribution in [0.3, 0.4) is 0 Å². The lowest BCUT2D eigenvalue weighted by Gasteiger charge is -2.14. The maximum atomic E-state index is 11.7. The van der Waals surface area contributed by atoms with Crippen LogP contribution in [0.1, 0.15) is 25.8 Å². The van der Waals surface area contributed by atoms with Crippen molar-refractivity contribution in [3.05, 3.63) is 29.8 Å². The van der Waals surface area contributed by atoms with E-state index in [2.05, 4.69) is 12.2 Å². The number of amides is 1. The summed E-state index contributed by atoms with van der Waals surface area (Å²) in [5, 5.41) is 2.80. The van der Waals surface area contributed by atoms with Crippen LogP contribution in [-0.2, 0) is 16.0 Å². The van der Waals surface area contributed by atoms with E-state index in [4.69, 9.17) is 15.2 Å². The Bertz CT molecular complexity index is 437. The first-order valence-corrected chi connectivity index (χ1v) is 7.30. The van der Waals surface area contributed by atoms with Gasteiger partial charge >= 0.3 is 0 Å². The monoisotopic (exact) mass is 294 g/mol. The molecule has 0 saturated carbocycles. The molecule has 21 heavy (non-hydrogen) atoms. The van der Waals surface area contributed by atoms with Crippen LogP contribution in [0, 0.1) is 0 Å². The fraction of sp³-hybridized carbons (Fsp3) is 0.562. The maximum absolute atomic E-state index is 11.7. The van der Waals surface area contributed by atoms with Crippen molar-refractivity contribution in [2.24, 2.45) is 5.73 Å². The van der Waals surface area contributed by atoms with Gasteiger partial charge in [0.05, 0.1) is 6.61 Å². The number of nitrogens with one attached hydrogen (secondary N) is 1. The number of carbonyl (C=O) groups excluding carboxylic acids is 1. The average molecular weight is 294 g/mol. The summed E-state index contributed by atoms with van der Waals surface area (Å²) in [6.07, 6.45) is 1.75. The van der Waals surface area contributed by atoms with Gasteiger partial charge in [-0.15, -0.1) is 0 Å². The maximum Gasteiger partial charge on any atom is 0.258 e. The zero-order valence-electron chi connectivity index (χ0n) is 13.1. The standard InChI is InChI=1S/C16H26N2O3/c1-4-14(17)8-13-6-5-7-15(9-13)21-11-16(19)18-12(2)10-20-3/h5-7,9,12,14H,4,8,10-11,17H2,1-3H3,(H,18,19). The lowest BCUT2D eigenvalue weighted by atomic mass is 10.0. The van der Waals surface area contributed by atoms with Gasteiger partial charge in [0.2, 0.25) is 0 Å².